The van der Waals surface area contributed by atoms with Gasteiger partial charge in [0.05, 0.1) is 0 Å². The Morgan fingerprint density at radius 2 is 1.58 bits per heavy atom. The van der Waals surface area contributed by atoms with Gasteiger partial charge in [-0.05, 0) is 42.9 Å². The highest BCUT2D eigenvalue weighted by molar-refractivity contribution is 5.91. The van der Waals surface area contributed by atoms with Crippen molar-refractivity contribution in [3.63, 3.8) is 0 Å². The Hall–Kier alpha value is -2.39. The van der Waals surface area contributed by atoms with E-state index in [2.05, 4.69) is 40.5 Å². The van der Waals surface area contributed by atoms with Crippen LogP contribution in [-0.4, -0.2) is 28.9 Å². The smallest absolute Gasteiger partial charge is 0.244 e. The molecule has 2 aliphatic rings. The van der Waals surface area contributed by atoms with Gasteiger partial charge in [-0.15, -0.1) is 0 Å². The Morgan fingerprint density at radius 3 is 2.23 bits per heavy atom. The number of rotatable bonds is 5. The molecule has 0 aliphatic carbocycles. The molecule has 2 saturated heterocycles. The van der Waals surface area contributed by atoms with E-state index in [4.69, 9.17) is 0 Å². The third kappa shape index (κ3) is 4.05. The first kappa shape index (κ1) is 17.0. The van der Waals surface area contributed by atoms with Gasteiger partial charge in [-0.2, -0.15) is 0 Å². The molecule has 3 nitrogen and oxygen atoms in total. The minimum absolute atomic E-state index is 0.0229. The van der Waals surface area contributed by atoms with Gasteiger partial charge in [0.15, 0.2) is 0 Å². The van der Waals surface area contributed by atoms with Gasteiger partial charge in [-0.1, -0.05) is 60.7 Å². The van der Waals surface area contributed by atoms with Gasteiger partial charge < -0.3 is 5.32 Å². The van der Waals surface area contributed by atoms with Crippen LogP contribution < -0.4 is 5.32 Å². The lowest BCUT2D eigenvalue weighted by atomic mass is 9.96. The molecule has 134 valence electrons. The van der Waals surface area contributed by atoms with Crippen molar-refractivity contribution in [1.82, 2.24) is 10.2 Å². The molecule has 2 heterocycles. The molecule has 0 radical (unpaired) electrons. The summed E-state index contributed by atoms with van der Waals surface area (Å²) in [6.45, 7) is 1.03. The number of hydrogen-bond donors (Lipinski definition) is 1. The van der Waals surface area contributed by atoms with E-state index in [1.54, 1.807) is 6.08 Å². The molecule has 2 aromatic rings. The summed E-state index contributed by atoms with van der Waals surface area (Å²) < 4.78 is 0. The second-order valence-electron chi connectivity index (χ2n) is 7.46. The van der Waals surface area contributed by atoms with Gasteiger partial charge >= 0.3 is 0 Å². The summed E-state index contributed by atoms with van der Waals surface area (Å²) in [5.41, 5.74) is 2.44. The molecule has 1 N–H and O–H groups in total. The number of benzene rings is 2. The summed E-state index contributed by atoms with van der Waals surface area (Å²) in [7, 11) is 0. The lowest BCUT2D eigenvalue weighted by Gasteiger charge is -2.39. The molecule has 2 fully saturated rings. The van der Waals surface area contributed by atoms with E-state index in [1.807, 2.05) is 36.4 Å². The molecule has 4 rings (SSSR count). The maximum Gasteiger partial charge on any atom is 0.244 e. The fourth-order valence-electron chi connectivity index (χ4n) is 4.43. The molecule has 2 bridgehead atoms. The van der Waals surface area contributed by atoms with Gasteiger partial charge in [-0.3, -0.25) is 9.69 Å². The van der Waals surface area contributed by atoms with E-state index in [9.17, 15) is 4.79 Å². The Morgan fingerprint density at radius 1 is 0.962 bits per heavy atom. The molecule has 2 atom stereocenters. The maximum absolute atomic E-state index is 12.3. The van der Waals surface area contributed by atoms with E-state index in [1.165, 1.54) is 18.4 Å². The molecule has 0 unspecified atom stereocenters. The molecule has 2 aromatic carbocycles. The van der Waals surface area contributed by atoms with Crippen molar-refractivity contribution in [3.05, 3.63) is 77.9 Å². The maximum atomic E-state index is 12.3. The number of hydrogen-bond acceptors (Lipinski definition) is 2. The molecular formula is C23H26N2O. The molecule has 3 heteroatoms. The van der Waals surface area contributed by atoms with Crippen LogP contribution in [0.15, 0.2) is 66.7 Å². The predicted molar refractivity (Wildman–Crippen MR) is 105 cm³/mol. The fraction of sp³-hybridized carbons (Fsp3) is 0.348. The highest BCUT2D eigenvalue weighted by Crippen LogP contribution is 2.36. The van der Waals surface area contributed by atoms with Crippen molar-refractivity contribution < 1.29 is 4.79 Å². The zero-order valence-corrected chi connectivity index (χ0v) is 15.1. The summed E-state index contributed by atoms with van der Waals surface area (Å²) in [5, 5.41) is 3.22. The van der Waals surface area contributed by atoms with Crippen LogP contribution in [0.5, 0.6) is 0 Å². The number of carbonyl (C=O) groups is 1. The van der Waals surface area contributed by atoms with E-state index in [-0.39, 0.29) is 5.91 Å². The van der Waals surface area contributed by atoms with Crippen molar-refractivity contribution in [1.29, 1.82) is 0 Å². The number of amides is 1. The topological polar surface area (TPSA) is 32.3 Å². The Bertz CT molecular complexity index is 742. The Labute approximate surface area is 155 Å². The van der Waals surface area contributed by atoms with Crippen LogP contribution in [-0.2, 0) is 11.3 Å². The van der Waals surface area contributed by atoms with Crippen molar-refractivity contribution in [2.24, 2.45) is 0 Å². The van der Waals surface area contributed by atoms with Crippen molar-refractivity contribution in [2.75, 3.05) is 0 Å². The molecular weight excluding hydrogens is 320 g/mol. The fourth-order valence-corrected chi connectivity index (χ4v) is 4.43. The van der Waals surface area contributed by atoms with Gasteiger partial charge in [0, 0.05) is 30.7 Å². The molecule has 1 amide bonds. The number of fused-ring (bicyclic) bond motifs is 2. The summed E-state index contributed by atoms with van der Waals surface area (Å²) in [6, 6.07) is 22.2. The quantitative estimate of drug-likeness (QED) is 0.830. The summed E-state index contributed by atoms with van der Waals surface area (Å²) in [6.07, 6.45) is 8.18. The van der Waals surface area contributed by atoms with E-state index in [0.717, 1.165) is 24.9 Å². The number of carbonyl (C=O) groups excluding carboxylic acids is 1. The van der Waals surface area contributed by atoms with Crippen LogP contribution in [0.25, 0.3) is 6.08 Å². The molecule has 0 saturated carbocycles. The first-order chi connectivity index (χ1) is 12.8. The van der Waals surface area contributed by atoms with E-state index in [0.29, 0.717) is 18.1 Å². The predicted octanol–water partition coefficient (Wildman–Crippen LogP) is 4.01. The highest BCUT2D eigenvalue weighted by Gasteiger charge is 2.40. The first-order valence-electron chi connectivity index (χ1n) is 9.61. The Balaban J connectivity index is 1.32. The lowest BCUT2D eigenvalue weighted by molar-refractivity contribution is -0.117. The SMILES string of the molecule is O=C(/C=C/c1ccccc1)NC1C[C@H]2CC[C@H](C1)N2Cc1ccccc1. The Kier molecular flexibility index (Phi) is 5.16. The minimum atomic E-state index is 0.0229. The number of nitrogens with one attached hydrogen (secondary N) is 1. The highest BCUT2D eigenvalue weighted by atomic mass is 16.1. The van der Waals surface area contributed by atoms with Crippen molar-refractivity contribution >= 4 is 12.0 Å². The third-order valence-corrected chi connectivity index (χ3v) is 5.67. The van der Waals surface area contributed by atoms with Gasteiger partial charge in [0.2, 0.25) is 5.91 Å². The molecule has 0 spiro atoms. The average Bonchev–Trinajstić information content (AvgIpc) is 2.90. The monoisotopic (exact) mass is 346 g/mol. The van der Waals surface area contributed by atoms with Crippen LogP contribution in [0.2, 0.25) is 0 Å². The lowest BCUT2D eigenvalue weighted by Crippen LogP contribution is -2.49. The summed E-state index contributed by atoms with van der Waals surface area (Å²) >= 11 is 0. The number of piperidine rings is 1. The third-order valence-electron chi connectivity index (χ3n) is 5.67. The standard InChI is InChI=1S/C23H26N2O/c26-23(14-11-18-7-3-1-4-8-18)24-20-15-21-12-13-22(16-20)25(21)17-19-9-5-2-6-10-19/h1-11,14,20-22H,12-13,15-17H2,(H,24,26)/b14-11+/t21-,22-/m1/s1. The molecule has 0 aromatic heterocycles. The van der Waals surface area contributed by atoms with Crippen LogP contribution in [0.1, 0.15) is 36.8 Å². The van der Waals surface area contributed by atoms with Crippen LogP contribution in [0.4, 0.5) is 0 Å². The first-order valence-corrected chi connectivity index (χ1v) is 9.61. The minimum Gasteiger partial charge on any atom is -0.350 e. The van der Waals surface area contributed by atoms with Crippen LogP contribution >= 0.6 is 0 Å². The summed E-state index contributed by atoms with van der Waals surface area (Å²) in [4.78, 5) is 14.9. The number of nitrogens with zero attached hydrogens (tertiary/aromatic N) is 1. The second-order valence-corrected chi connectivity index (χ2v) is 7.46. The molecule has 26 heavy (non-hydrogen) atoms. The largest absolute Gasteiger partial charge is 0.350 e. The average molecular weight is 346 g/mol. The second kappa shape index (κ2) is 7.88. The summed E-state index contributed by atoms with van der Waals surface area (Å²) in [5.74, 6) is 0.0229. The van der Waals surface area contributed by atoms with E-state index < -0.39 is 0 Å². The van der Waals surface area contributed by atoms with Crippen molar-refractivity contribution in [3.8, 4) is 0 Å². The van der Waals surface area contributed by atoms with E-state index >= 15 is 0 Å². The van der Waals surface area contributed by atoms with Crippen molar-refractivity contribution in [2.45, 2.75) is 50.4 Å². The van der Waals surface area contributed by atoms with Gasteiger partial charge in [0.1, 0.15) is 0 Å². The van der Waals surface area contributed by atoms with Crippen LogP contribution in [0.3, 0.4) is 0 Å². The van der Waals surface area contributed by atoms with Gasteiger partial charge in [0.25, 0.3) is 0 Å². The normalized spacial score (nSPS) is 25.5. The zero-order valence-electron chi connectivity index (χ0n) is 15.1. The zero-order chi connectivity index (χ0) is 17.8. The van der Waals surface area contributed by atoms with Gasteiger partial charge in [-0.25, -0.2) is 0 Å². The van der Waals surface area contributed by atoms with Crippen LogP contribution in [0, 0.1) is 0 Å². The molecule has 2 aliphatic heterocycles.